The van der Waals surface area contributed by atoms with Crippen LogP contribution in [0.25, 0.3) is 0 Å². The van der Waals surface area contributed by atoms with Crippen molar-refractivity contribution in [2.75, 3.05) is 18.9 Å². The molecular weight excluding hydrogens is 332 g/mol. The summed E-state index contributed by atoms with van der Waals surface area (Å²) in [7, 11) is 1.97. The number of nitrogens with zero attached hydrogens (tertiary/aromatic N) is 1. The summed E-state index contributed by atoms with van der Waals surface area (Å²) >= 11 is 0. The summed E-state index contributed by atoms with van der Waals surface area (Å²) in [6, 6.07) is 26.6. The monoisotopic (exact) mass is 358 g/mol. The van der Waals surface area contributed by atoms with E-state index in [9.17, 15) is 4.79 Å². The van der Waals surface area contributed by atoms with Gasteiger partial charge >= 0.3 is 0 Å². The van der Waals surface area contributed by atoms with Gasteiger partial charge in [0.25, 0.3) is 0 Å². The SMILES string of the molecule is Cc1ccccc1CN(C)CC(=O)Nc1ccccc1Cc1ccccc1. The molecule has 138 valence electrons. The first-order chi connectivity index (χ1) is 13.1. The highest BCUT2D eigenvalue weighted by atomic mass is 16.2. The summed E-state index contributed by atoms with van der Waals surface area (Å²) in [5.41, 5.74) is 5.74. The Morgan fingerprint density at radius 2 is 1.48 bits per heavy atom. The minimum atomic E-state index is 0.00611. The van der Waals surface area contributed by atoms with Crippen molar-refractivity contribution in [2.45, 2.75) is 19.9 Å². The fourth-order valence-electron chi connectivity index (χ4n) is 3.18. The van der Waals surface area contributed by atoms with Crippen LogP contribution in [-0.2, 0) is 17.8 Å². The molecule has 0 bridgehead atoms. The van der Waals surface area contributed by atoms with Gasteiger partial charge < -0.3 is 5.32 Å². The Kier molecular flexibility index (Phi) is 6.39. The standard InChI is InChI=1S/C24H26N2O/c1-19-10-6-7-14-22(19)17-26(2)18-24(27)25-23-15-9-8-13-21(23)16-20-11-4-3-5-12-20/h3-15H,16-18H2,1-2H3,(H,25,27). The highest BCUT2D eigenvalue weighted by molar-refractivity contribution is 5.93. The van der Waals surface area contributed by atoms with Crippen molar-refractivity contribution in [3.63, 3.8) is 0 Å². The van der Waals surface area contributed by atoms with Crippen LogP contribution in [0.2, 0.25) is 0 Å². The molecule has 0 aromatic heterocycles. The number of rotatable bonds is 7. The summed E-state index contributed by atoms with van der Waals surface area (Å²) in [6.07, 6.45) is 0.802. The highest BCUT2D eigenvalue weighted by Gasteiger charge is 2.11. The molecule has 3 aromatic rings. The van der Waals surface area contributed by atoms with Crippen molar-refractivity contribution in [2.24, 2.45) is 0 Å². The lowest BCUT2D eigenvalue weighted by atomic mass is 10.0. The van der Waals surface area contributed by atoms with Crippen LogP contribution in [-0.4, -0.2) is 24.4 Å². The van der Waals surface area contributed by atoms with Gasteiger partial charge in [0.05, 0.1) is 6.54 Å². The average Bonchev–Trinajstić information content (AvgIpc) is 2.66. The van der Waals surface area contributed by atoms with E-state index in [2.05, 4.69) is 42.6 Å². The maximum atomic E-state index is 12.5. The van der Waals surface area contributed by atoms with Crippen LogP contribution >= 0.6 is 0 Å². The number of para-hydroxylation sites is 1. The molecule has 3 nitrogen and oxygen atoms in total. The molecule has 0 unspecified atom stereocenters. The summed E-state index contributed by atoms with van der Waals surface area (Å²) in [4.78, 5) is 14.6. The molecule has 0 radical (unpaired) electrons. The molecule has 0 aliphatic rings. The molecule has 0 spiro atoms. The van der Waals surface area contributed by atoms with Gasteiger partial charge in [-0.3, -0.25) is 9.69 Å². The predicted octanol–water partition coefficient (Wildman–Crippen LogP) is 4.66. The van der Waals surface area contributed by atoms with Gasteiger partial charge in [0, 0.05) is 12.2 Å². The number of carbonyl (C=O) groups excluding carboxylic acids is 1. The van der Waals surface area contributed by atoms with Gasteiger partial charge in [-0.05, 0) is 48.7 Å². The molecule has 3 heteroatoms. The van der Waals surface area contributed by atoms with E-state index < -0.39 is 0 Å². The van der Waals surface area contributed by atoms with Gasteiger partial charge in [0.2, 0.25) is 5.91 Å². The Morgan fingerprint density at radius 3 is 2.22 bits per heavy atom. The number of hydrogen-bond donors (Lipinski definition) is 1. The molecule has 3 rings (SSSR count). The van der Waals surface area contributed by atoms with Crippen molar-refractivity contribution in [3.8, 4) is 0 Å². The molecule has 0 saturated heterocycles. The maximum Gasteiger partial charge on any atom is 0.238 e. The maximum absolute atomic E-state index is 12.5. The summed E-state index contributed by atoms with van der Waals surface area (Å²) in [6.45, 7) is 3.21. The predicted molar refractivity (Wildman–Crippen MR) is 112 cm³/mol. The molecule has 1 N–H and O–H groups in total. The Balaban J connectivity index is 1.61. The third-order valence-corrected chi connectivity index (χ3v) is 4.64. The number of aryl methyl sites for hydroxylation is 1. The van der Waals surface area contributed by atoms with E-state index in [0.717, 1.165) is 24.2 Å². The highest BCUT2D eigenvalue weighted by Crippen LogP contribution is 2.19. The molecule has 0 saturated carbocycles. The quantitative estimate of drug-likeness (QED) is 0.666. The number of likely N-dealkylation sites (N-methyl/N-ethyl adjacent to an activating group) is 1. The molecule has 27 heavy (non-hydrogen) atoms. The number of anilines is 1. The molecule has 0 fully saturated rings. The van der Waals surface area contributed by atoms with Gasteiger partial charge in [0.15, 0.2) is 0 Å². The van der Waals surface area contributed by atoms with Crippen molar-refractivity contribution >= 4 is 11.6 Å². The van der Waals surface area contributed by atoms with Gasteiger partial charge in [-0.25, -0.2) is 0 Å². The van der Waals surface area contributed by atoms with E-state index in [0.29, 0.717) is 6.54 Å². The number of hydrogen-bond acceptors (Lipinski definition) is 2. The normalized spacial score (nSPS) is 10.8. The molecule has 3 aromatic carbocycles. The van der Waals surface area contributed by atoms with Crippen LogP contribution in [0.4, 0.5) is 5.69 Å². The van der Waals surface area contributed by atoms with Crippen molar-refractivity contribution in [1.82, 2.24) is 4.90 Å². The van der Waals surface area contributed by atoms with Crippen LogP contribution in [0.1, 0.15) is 22.3 Å². The second kappa shape index (κ2) is 9.15. The first-order valence-corrected chi connectivity index (χ1v) is 9.26. The van der Waals surface area contributed by atoms with E-state index in [4.69, 9.17) is 0 Å². The van der Waals surface area contributed by atoms with Crippen LogP contribution in [0.15, 0.2) is 78.9 Å². The third-order valence-electron chi connectivity index (χ3n) is 4.64. The Bertz CT molecular complexity index is 890. The smallest absolute Gasteiger partial charge is 0.238 e. The van der Waals surface area contributed by atoms with Gasteiger partial charge in [-0.2, -0.15) is 0 Å². The average molecular weight is 358 g/mol. The molecule has 0 aliphatic heterocycles. The van der Waals surface area contributed by atoms with Gasteiger partial charge in [-0.1, -0.05) is 72.8 Å². The Morgan fingerprint density at radius 1 is 0.852 bits per heavy atom. The second-order valence-electron chi connectivity index (χ2n) is 6.97. The number of nitrogens with one attached hydrogen (secondary N) is 1. The first kappa shape index (κ1) is 18.9. The first-order valence-electron chi connectivity index (χ1n) is 9.26. The number of carbonyl (C=O) groups is 1. The van der Waals surface area contributed by atoms with E-state index in [-0.39, 0.29) is 5.91 Å². The summed E-state index contributed by atoms with van der Waals surface area (Å²) in [5.74, 6) is 0.00611. The van der Waals surface area contributed by atoms with E-state index in [1.165, 1.54) is 16.7 Å². The Labute approximate surface area is 161 Å². The van der Waals surface area contributed by atoms with Crippen LogP contribution in [0.3, 0.4) is 0 Å². The topological polar surface area (TPSA) is 32.3 Å². The van der Waals surface area contributed by atoms with E-state index in [1.54, 1.807) is 0 Å². The minimum Gasteiger partial charge on any atom is -0.325 e. The zero-order valence-electron chi connectivity index (χ0n) is 16.0. The largest absolute Gasteiger partial charge is 0.325 e. The number of amides is 1. The molecular formula is C24H26N2O. The zero-order valence-corrected chi connectivity index (χ0v) is 16.0. The van der Waals surface area contributed by atoms with Crippen LogP contribution < -0.4 is 5.32 Å². The van der Waals surface area contributed by atoms with E-state index >= 15 is 0 Å². The minimum absolute atomic E-state index is 0.00611. The lowest BCUT2D eigenvalue weighted by molar-refractivity contribution is -0.117. The van der Waals surface area contributed by atoms with Crippen LogP contribution in [0, 0.1) is 6.92 Å². The molecule has 0 aliphatic carbocycles. The lowest BCUT2D eigenvalue weighted by Gasteiger charge is -2.18. The Hall–Kier alpha value is -2.91. The third kappa shape index (κ3) is 5.53. The second-order valence-corrected chi connectivity index (χ2v) is 6.97. The zero-order chi connectivity index (χ0) is 19.1. The summed E-state index contributed by atoms with van der Waals surface area (Å²) in [5, 5.41) is 3.08. The number of benzene rings is 3. The van der Waals surface area contributed by atoms with E-state index in [1.807, 2.05) is 60.5 Å². The fraction of sp³-hybridized carbons (Fsp3) is 0.208. The molecule has 0 heterocycles. The fourth-order valence-corrected chi connectivity index (χ4v) is 3.18. The summed E-state index contributed by atoms with van der Waals surface area (Å²) < 4.78 is 0. The molecule has 1 amide bonds. The van der Waals surface area contributed by atoms with Gasteiger partial charge in [0.1, 0.15) is 0 Å². The van der Waals surface area contributed by atoms with Crippen molar-refractivity contribution in [1.29, 1.82) is 0 Å². The molecule has 0 atom stereocenters. The van der Waals surface area contributed by atoms with Crippen molar-refractivity contribution in [3.05, 3.63) is 101 Å². The van der Waals surface area contributed by atoms with Gasteiger partial charge in [-0.15, -0.1) is 0 Å². The van der Waals surface area contributed by atoms with Crippen LogP contribution in [0.5, 0.6) is 0 Å². The van der Waals surface area contributed by atoms with Crippen molar-refractivity contribution < 1.29 is 4.79 Å². The lowest BCUT2D eigenvalue weighted by Crippen LogP contribution is -2.30.